The van der Waals surface area contributed by atoms with Crippen LogP contribution in [0.25, 0.3) is 0 Å². The Kier molecular flexibility index (Phi) is 11.3. The minimum atomic E-state index is 0.170. The molecule has 0 radical (unpaired) electrons. The number of unbranched alkanes of at least 4 members (excludes halogenated alkanes) is 4. The first-order valence-corrected chi connectivity index (χ1v) is 8.24. The molecule has 0 aromatic heterocycles. The third-order valence-electron chi connectivity index (χ3n) is 3.86. The average Bonchev–Trinajstić information content (AvgIpc) is 2.43. The van der Waals surface area contributed by atoms with Crippen LogP contribution in [0.3, 0.4) is 0 Å². The number of hydrogen-bond donors (Lipinski definition) is 1. The molecule has 0 aliphatic rings. The lowest BCUT2D eigenvalue weighted by Crippen LogP contribution is -2.47. The van der Waals surface area contributed by atoms with Gasteiger partial charge in [-0.05, 0) is 12.8 Å². The monoisotopic (exact) mass is 299 g/mol. The highest BCUT2D eigenvalue weighted by Gasteiger charge is 2.16. The van der Waals surface area contributed by atoms with Crippen LogP contribution in [0.4, 0.5) is 0 Å². The summed E-state index contributed by atoms with van der Waals surface area (Å²) in [5.74, 6) is 0.170. The molecular weight excluding hydrogens is 264 g/mol. The van der Waals surface area contributed by atoms with Crippen molar-refractivity contribution in [3.05, 3.63) is 12.2 Å². The van der Waals surface area contributed by atoms with E-state index in [9.17, 15) is 4.79 Å². The van der Waals surface area contributed by atoms with Crippen molar-refractivity contribution in [1.82, 2.24) is 4.90 Å². The van der Waals surface area contributed by atoms with Crippen LogP contribution in [0.1, 0.15) is 45.4 Å². The molecule has 0 fully saturated rings. The molecule has 0 spiro atoms. The van der Waals surface area contributed by atoms with Gasteiger partial charge in [0.2, 0.25) is 5.91 Å². The molecule has 1 amide bonds. The van der Waals surface area contributed by atoms with Gasteiger partial charge in [-0.1, -0.05) is 38.3 Å². The molecule has 0 heterocycles. The largest absolute Gasteiger partial charge is 0.391 e. The summed E-state index contributed by atoms with van der Waals surface area (Å²) < 4.78 is 0.737. The highest BCUT2D eigenvalue weighted by molar-refractivity contribution is 5.77. The van der Waals surface area contributed by atoms with E-state index in [0.29, 0.717) is 6.42 Å². The lowest BCUT2D eigenvalue weighted by molar-refractivity contribution is -0.890. The Morgan fingerprint density at radius 3 is 2.48 bits per heavy atom. The highest BCUT2D eigenvalue weighted by atomic mass is 16.3. The number of rotatable bonds is 12. The van der Waals surface area contributed by atoms with Gasteiger partial charge in [0.05, 0.1) is 33.8 Å². The van der Waals surface area contributed by atoms with Gasteiger partial charge in [0.25, 0.3) is 0 Å². The lowest BCUT2D eigenvalue weighted by Gasteiger charge is -2.30. The van der Waals surface area contributed by atoms with Gasteiger partial charge in [-0.2, -0.15) is 0 Å². The molecule has 0 rings (SSSR count). The lowest BCUT2D eigenvalue weighted by atomic mass is 10.1. The van der Waals surface area contributed by atoms with Crippen molar-refractivity contribution in [2.45, 2.75) is 45.4 Å². The molecule has 21 heavy (non-hydrogen) atoms. The number of aliphatic hydroxyl groups excluding tert-OH is 1. The summed E-state index contributed by atoms with van der Waals surface area (Å²) in [5, 5.41) is 8.99. The van der Waals surface area contributed by atoms with Gasteiger partial charge in [-0.3, -0.25) is 4.79 Å². The van der Waals surface area contributed by atoms with E-state index < -0.39 is 0 Å². The highest BCUT2D eigenvalue weighted by Crippen LogP contribution is 2.04. The molecule has 0 aromatic carbocycles. The summed E-state index contributed by atoms with van der Waals surface area (Å²) in [7, 11) is 6.01. The molecular formula is C17H35N2O2+. The number of quaternary nitrogens is 1. The van der Waals surface area contributed by atoms with Crippen molar-refractivity contribution < 1.29 is 14.4 Å². The van der Waals surface area contributed by atoms with E-state index >= 15 is 0 Å². The second kappa shape index (κ2) is 11.8. The maximum Gasteiger partial charge on any atom is 0.226 e. The molecule has 0 aliphatic carbocycles. The summed E-state index contributed by atoms with van der Waals surface area (Å²) in [6, 6.07) is 0. The van der Waals surface area contributed by atoms with E-state index in [2.05, 4.69) is 27.1 Å². The Morgan fingerprint density at radius 2 is 1.86 bits per heavy atom. The van der Waals surface area contributed by atoms with Crippen LogP contribution in [-0.4, -0.2) is 67.8 Å². The molecule has 124 valence electrons. The zero-order valence-corrected chi connectivity index (χ0v) is 14.5. The Morgan fingerprint density at radius 1 is 1.14 bits per heavy atom. The van der Waals surface area contributed by atoms with Crippen LogP contribution in [0, 0.1) is 0 Å². The fourth-order valence-electron chi connectivity index (χ4n) is 2.07. The van der Waals surface area contributed by atoms with Crippen LogP contribution < -0.4 is 0 Å². The van der Waals surface area contributed by atoms with E-state index in [1.165, 1.54) is 25.7 Å². The predicted molar refractivity (Wildman–Crippen MR) is 89.1 cm³/mol. The Bertz CT molecular complexity index is 301. The van der Waals surface area contributed by atoms with Crippen LogP contribution >= 0.6 is 0 Å². The van der Waals surface area contributed by atoms with Crippen molar-refractivity contribution in [1.29, 1.82) is 0 Å². The molecule has 4 heteroatoms. The second-order valence-corrected chi connectivity index (χ2v) is 6.45. The number of nitrogens with zero attached hydrogens (tertiary/aromatic N) is 2. The van der Waals surface area contributed by atoms with Gasteiger partial charge in [0, 0.05) is 13.5 Å². The molecule has 0 unspecified atom stereocenters. The summed E-state index contributed by atoms with van der Waals surface area (Å²) in [6.45, 7) is 4.72. The fourth-order valence-corrected chi connectivity index (χ4v) is 2.07. The molecule has 0 aromatic rings. The number of carbonyl (C=O) groups excluding carboxylic acids is 1. The Hall–Kier alpha value is -0.870. The van der Waals surface area contributed by atoms with Gasteiger partial charge < -0.3 is 14.5 Å². The summed E-state index contributed by atoms with van der Waals surface area (Å²) in [5.41, 5.74) is 0. The molecule has 0 aliphatic heterocycles. The van der Waals surface area contributed by atoms with Crippen LogP contribution in [-0.2, 0) is 4.79 Å². The molecule has 0 saturated heterocycles. The van der Waals surface area contributed by atoms with E-state index in [0.717, 1.165) is 30.5 Å². The molecule has 0 bridgehead atoms. The van der Waals surface area contributed by atoms with Crippen molar-refractivity contribution in [2.24, 2.45) is 0 Å². The topological polar surface area (TPSA) is 40.5 Å². The molecule has 1 N–H and O–H groups in total. The third-order valence-corrected chi connectivity index (χ3v) is 3.86. The summed E-state index contributed by atoms with van der Waals surface area (Å²) in [6.07, 6.45) is 10.8. The van der Waals surface area contributed by atoms with Gasteiger partial charge in [0.15, 0.2) is 0 Å². The number of hydrogen-bond acceptors (Lipinski definition) is 2. The minimum absolute atomic E-state index is 0.170. The predicted octanol–water partition coefficient (Wildman–Crippen LogP) is 2.43. The van der Waals surface area contributed by atoms with Crippen molar-refractivity contribution >= 4 is 5.91 Å². The molecule has 0 atom stereocenters. The third kappa shape index (κ3) is 11.5. The summed E-state index contributed by atoms with van der Waals surface area (Å²) >= 11 is 0. The average molecular weight is 299 g/mol. The second-order valence-electron chi connectivity index (χ2n) is 6.45. The fraction of sp³-hybridized carbons (Fsp3) is 0.824. The number of aliphatic hydroxyl groups is 1. The first-order valence-electron chi connectivity index (χ1n) is 8.24. The van der Waals surface area contributed by atoms with E-state index in [1.54, 1.807) is 4.90 Å². The SMILES string of the molecule is CCCCCC/C=C/CC(=O)N(C)CC[N+](C)(C)CCO. The number of carbonyl (C=O) groups is 1. The van der Waals surface area contributed by atoms with Crippen molar-refractivity contribution in [2.75, 3.05) is 47.4 Å². The summed E-state index contributed by atoms with van der Waals surface area (Å²) in [4.78, 5) is 13.8. The van der Waals surface area contributed by atoms with E-state index in [1.807, 2.05) is 13.1 Å². The maximum absolute atomic E-state index is 12.0. The number of likely N-dealkylation sites (N-methyl/N-ethyl adjacent to an activating group) is 2. The number of allylic oxidation sites excluding steroid dienone is 1. The standard InChI is InChI=1S/C17H35N2O2/c1-5-6-7-8-9-10-11-12-17(21)18(2)13-14-19(3,4)15-16-20/h10-11,20H,5-9,12-16H2,1-4H3/q+1/b11-10+. The smallest absolute Gasteiger partial charge is 0.226 e. The zero-order chi connectivity index (χ0) is 16.1. The zero-order valence-electron chi connectivity index (χ0n) is 14.5. The van der Waals surface area contributed by atoms with Gasteiger partial charge in [0.1, 0.15) is 6.54 Å². The Labute approximate surface area is 131 Å². The minimum Gasteiger partial charge on any atom is -0.391 e. The van der Waals surface area contributed by atoms with Crippen LogP contribution in [0.5, 0.6) is 0 Å². The molecule has 4 nitrogen and oxygen atoms in total. The van der Waals surface area contributed by atoms with Gasteiger partial charge >= 0.3 is 0 Å². The first kappa shape index (κ1) is 20.1. The first-order chi connectivity index (χ1) is 9.93. The van der Waals surface area contributed by atoms with Gasteiger partial charge in [-0.15, -0.1) is 0 Å². The normalized spacial score (nSPS) is 12.0. The quantitative estimate of drug-likeness (QED) is 0.341. The Balaban J connectivity index is 3.82. The van der Waals surface area contributed by atoms with E-state index in [-0.39, 0.29) is 12.5 Å². The van der Waals surface area contributed by atoms with Crippen molar-refractivity contribution in [3.63, 3.8) is 0 Å². The maximum atomic E-state index is 12.0. The van der Waals surface area contributed by atoms with Crippen molar-refractivity contribution in [3.8, 4) is 0 Å². The van der Waals surface area contributed by atoms with E-state index in [4.69, 9.17) is 5.11 Å². The van der Waals surface area contributed by atoms with Crippen LogP contribution in [0.2, 0.25) is 0 Å². The number of amides is 1. The van der Waals surface area contributed by atoms with Gasteiger partial charge in [-0.25, -0.2) is 0 Å². The van der Waals surface area contributed by atoms with Crippen LogP contribution in [0.15, 0.2) is 12.2 Å². The molecule has 0 saturated carbocycles.